The molecule has 0 radical (unpaired) electrons. The molecule has 3 rings (SSSR count). The third kappa shape index (κ3) is 4.82. The van der Waals surface area contributed by atoms with Gasteiger partial charge >= 0.3 is 0 Å². The van der Waals surface area contributed by atoms with Crippen LogP contribution in [0.3, 0.4) is 0 Å². The molecule has 1 aliphatic rings. The number of nitrogens with one attached hydrogen (secondary N) is 2. The van der Waals surface area contributed by atoms with Gasteiger partial charge < -0.3 is 10.6 Å². The lowest BCUT2D eigenvalue weighted by Gasteiger charge is -2.22. The van der Waals surface area contributed by atoms with Gasteiger partial charge in [0.2, 0.25) is 0 Å². The van der Waals surface area contributed by atoms with Gasteiger partial charge in [-0.1, -0.05) is 55.1 Å². The molecular weight excluding hydrogens is 350 g/mol. The van der Waals surface area contributed by atoms with E-state index in [9.17, 15) is 9.59 Å². The Bertz CT molecular complexity index is 788. The van der Waals surface area contributed by atoms with Crippen molar-refractivity contribution in [3.8, 4) is 0 Å². The zero-order valence-corrected chi connectivity index (χ0v) is 15.3. The highest BCUT2D eigenvalue weighted by atomic mass is 35.5. The predicted octanol–water partition coefficient (Wildman–Crippen LogP) is 3.73. The maximum atomic E-state index is 12.4. The van der Waals surface area contributed by atoms with Crippen molar-refractivity contribution in [2.24, 2.45) is 0 Å². The molecule has 1 aromatic carbocycles. The highest BCUT2D eigenvalue weighted by Gasteiger charge is 2.18. The fraction of sp³-hybridized carbons (Fsp3) is 0.350. The van der Waals surface area contributed by atoms with Gasteiger partial charge in [0.1, 0.15) is 11.4 Å². The van der Waals surface area contributed by atoms with Gasteiger partial charge in [-0.05, 0) is 36.6 Å². The zero-order chi connectivity index (χ0) is 18.4. The van der Waals surface area contributed by atoms with Gasteiger partial charge in [0.05, 0.1) is 0 Å². The van der Waals surface area contributed by atoms with E-state index in [0.29, 0.717) is 11.6 Å². The van der Waals surface area contributed by atoms with Crippen molar-refractivity contribution >= 4 is 23.4 Å². The molecule has 2 N–H and O–H groups in total. The van der Waals surface area contributed by atoms with E-state index in [2.05, 4.69) is 15.6 Å². The quantitative estimate of drug-likeness (QED) is 0.841. The average Bonchev–Trinajstić information content (AvgIpc) is 2.68. The van der Waals surface area contributed by atoms with Crippen LogP contribution in [0.5, 0.6) is 0 Å². The first-order valence-corrected chi connectivity index (χ1v) is 9.31. The lowest BCUT2D eigenvalue weighted by atomic mass is 9.95. The van der Waals surface area contributed by atoms with Gasteiger partial charge in [-0.15, -0.1) is 0 Å². The molecule has 0 spiro atoms. The minimum atomic E-state index is -0.336. The Hall–Kier alpha value is -2.40. The number of pyridine rings is 1. The normalized spacial score (nSPS) is 14.7. The molecule has 1 saturated carbocycles. The molecule has 1 aliphatic carbocycles. The van der Waals surface area contributed by atoms with Crippen LogP contribution in [-0.4, -0.2) is 22.8 Å². The van der Waals surface area contributed by atoms with Gasteiger partial charge in [-0.25, -0.2) is 4.98 Å². The van der Waals surface area contributed by atoms with E-state index >= 15 is 0 Å². The Kier molecular flexibility index (Phi) is 6.23. The van der Waals surface area contributed by atoms with E-state index in [1.807, 2.05) is 18.2 Å². The van der Waals surface area contributed by atoms with Crippen LogP contribution < -0.4 is 10.6 Å². The lowest BCUT2D eigenvalue weighted by Crippen LogP contribution is -2.36. The summed E-state index contributed by atoms with van der Waals surface area (Å²) in [7, 11) is 0. The lowest BCUT2D eigenvalue weighted by molar-refractivity contribution is 0.0922. The van der Waals surface area contributed by atoms with Crippen LogP contribution >= 0.6 is 11.6 Å². The SMILES string of the molecule is O=C(NCc1ccccc1Cl)c1cccc(C(=O)NC2CCCCC2)n1. The molecule has 2 amide bonds. The number of halogens is 1. The van der Waals surface area contributed by atoms with Crippen molar-refractivity contribution in [2.75, 3.05) is 0 Å². The first kappa shape index (κ1) is 18.4. The van der Waals surface area contributed by atoms with Gasteiger partial charge in [-0.3, -0.25) is 9.59 Å². The number of aromatic nitrogens is 1. The number of benzene rings is 1. The third-order valence-electron chi connectivity index (χ3n) is 4.55. The monoisotopic (exact) mass is 371 g/mol. The standard InChI is InChI=1S/C20H22ClN3O2/c21-16-10-5-4-7-14(16)13-22-19(25)17-11-6-12-18(24-17)20(26)23-15-8-2-1-3-9-15/h4-7,10-12,15H,1-3,8-9,13H2,(H,22,25)(H,23,26). The summed E-state index contributed by atoms with van der Waals surface area (Å²) in [5, 5.41) is 6.40. The van der Waals surface area contributed by atoms with Crippen molar-refractivity contribution in [1.82, 2.24) is 15.6 Å². The van der Waals surface area contributed by atoms with Gasteiger partial charge in [-0.2, -0.15) is 0 Å². The molecule has 0 atom stereocenters. The van der Waals surface area contributed by atoms with Gasteiger partial charge in [0.25, 0.3) is 11.8 Å². The molecule has 26 heavy (non-hydrogen) atoms. The van der Waals surface area contributed by atoms with E-state index in [1.54, 1.807) is 24.3 Å². The molecule has 5 nitrogen and oxygen atoms in total. The Labute approximate surface area is 158 Å². The number of hydrogen-bond acceptors (Lipinski definition) is 3. The first-order chi connectivity index (χ1) is 12.6. The minimum absolute atomic E-state index is 0.204. The van der Waals surface area contributed by atoms with E-state index in [1.165, 1.54) is 6.42 Å². The fourth-order valence-electron chi connectivity index (χ4n) is 3.10. The molecule has 0 aliphatic heterocycles. The topological polar surface area (TPSA) is 71.1 Å². The number of carbonyl (C=O) groups is 2. The first-order valence-electron chi connectivity index (χ1n) is 8.93. The van der Waals surface area contributed by atoms with E-state index in [-0.39, 0.29) is 29.2 Å². The second-order valence-electron chi connectivity index (χ2n) is 6.49. The predicted molar refractivity (Wildman–Crippen MR) is 101 cm³/mol. The zero-order valence-electron chi connectivity index (χ0n) is 14.5. The maximum Gasteiger partial charge on any atom is 0.270 e. The smallest absolute Gasteiger partial charge is 0.270 e. The number of carbonyl (C=O) groups excluding carboxylic acids is 2. The van der Waals surface area contributed by atoms with Crippen LogP contribution in [0.2, 0.25) is 5.02 Å². The number of hydrogen-bond donors (Lipinski definition) is 2. The molecule has 136 valence electrons. The number of nitrogens with zero attached hydrogens (tertiary/aromatic N) is 1. The van der Waals surface area contributed by atoms with Crippen molar-refractivity contribution in [3.05, 3.63) is 64.4 Å². The van der Waals surface area contributed by atoms with Crippen molar-refractivity contribution < 1.29 is 9.59 Å². The van der Waals surface area contributed by atoms with Crippen LogP contribution in [-0.2, 0) is 6.54 Å². The molecule has 1 fully saturated rings. The minimum Gasteiger partial charge on any atom is -0.348 e. The van der Waals surface area contributed by atoms with Crippen LogP contribution in [0.25, 0.3) is 0 Å². The van der Waals surface area contributed by atoms with Crippen molar-refractivity contribution in [1.29, 1.82) is 0 Å². The summed E-state index contributed by atoms with van der Waals surface area (Å²) in [6, 6.07) is 12.4. The summed E-state index contributed by atoms with van der Waals surface area (Å²) in [6.07, 6.45) is 5.52. The Balaban J connectivity index is 1.61. The summed E-state index contributed by atoms with van der Waals surface area (Å²) in [6.45, 7) is 0.304. The molecular formula is C20H22ClN3O2. The summed E-state index contributed by atoms with van der Waals surface area (Å²) >= 11 is 6.09. The average molecular weight is 372 g/mol. The summed E-state index contributed by atoms with van der Waals surface area (Å²) in [5.74, 6) is -0.560. The van der Waals surface area contributed by atoms with E-state index in [0.717, 1.165) is 31.2 Å². The number of amides is 2. The maximum absolute atomic E-state index is 12.4. The van der Waals surface area contributed by atoms with Gasteiger partial charge in [0, 0.05) is 17.6 Å². The summed E-state index contributed by atoms with van der Waals surface area (Å²) in [4.78, 5) is 29.0. The Morgan fingerprint density at radius 2 is 1.65 bits per heavy atom. The second-order valence-corrected chi connectivity index (χ2v) is 6.90. The largest absolute Gasteiger partial charge is 0.348 e. The van der Waals surface area contributed by atoms with Crippen molar-refractivity contribution in [2.45, 2.75) is 44.7 Å². The molecule has 0 bridgehead atoms. The summed E-state index contributed by atoms with van der Waals surface area (Å²) < 4.78 is 0. The Morgan fingerprint density at radius 3 is 2.38 bits per heavy atom. The van der Waals surface area contributed by atoms with Crippen LogP contribution in [0, 0.1) is 0 Å². The van der Waals surface area contributed by atoms with Crippen LogP contribution in [0.4, 0.5) is 0 Å². The number of rotatable bonds is 5. The second kappa shape index (κ2) is 8.81. The van der Waals surface area contributed by atoms with Crippen LogP contribution in [0.15, 0.2) is 42.5 Å². The van der Waals surface area contributed by atoms with E-state index < -0.39 is 0 Å². The third-order valence-corrected chi connectivity index (χ3v) is 4.92. The molecule has 1 aromatic heterocycles. The highest BCUT2D eigenvalue weighted by Crippen LogP contribution is 2.18. The molecule has 2 aromatic rings. The Morgan fingerprint density at radius 1 is 0.962 bits per heavy atom. The molecule has 0 saturated heterocycles. The van der Waals surface area contributed by atoms with E-state index in [4.69, 9.17) is 11.6 Å². The molecule has 1 heterocycles. The molecule has 6 heteroatoms. The highest BCUT2D eigenvalue weighted by molar-refractivity contribution is 6.31. The fourth-order valence-corrected chi connectivity index (χ4v) is 3.30. The van der Waals surface area contributed by atoms with Gasteiger partial charge in [0.15, 0.2) is 0 Å². The summed E-state index contributed by atoms with van der Waals surface area (Å²) in [5.41, 5.74) is 1.31. The van der Waals surface area contributed by atoms with Crippen LogP contribution in [0.1, 0.15) is 58.6 Å². The molecule has 0 unspecified atom stereocenters. The van der Waals surface area contributed by atoms with Crippen molar-refractivity contribution in [3.63, 3.8) is 0 Å².